The third-order valence-electron chi connectivity index (χ3n) is 4.59. The predicted molar refractivity (Wildman–Crippen MR) is 110 cm³/mol. The summed E-state index contributed by atoms with van der Waals surface area (Å²) in [5, 5.41) is 4.77. The second-order valence-corrected chi connectivity index (χ2v) is 6.91. The zero-order chi connectivity index (χ0) is 18.6. The van der Waals surface area contributed by atoms with Gasteiger partial charge in [-0.3, -0.25) is 4.79 Å². The van der Waals surface area contributed by atoms with Crippen molar-refractivity contribution in [2.24, 2.45) is 0 Å². The van der Waals surface area contributed by atoms with Gasteiger partial charge in [0.25, 0.3) is 5.91 Å². The van der Waals surface area contributed by atoms with Crippen LogP contribution >= 0.6 is 11.6 Å². The zero-order valence-corrected chi connectivity index (χ0v) is 15.5. The normalized spacial score (nSPS) is 10.9. The highest BCUT2D eigenvalue weighted by molar-refractivity contribution is 6.30. The number of fused-ring (bicyclic) bond motifs is 1. The molecular weight excluding hydrogens is 356 g/mol. The van der Waals surface area contributed by atoms with Crippen LogP contribution in [0.2, 0.25) is 5.02 Å². The Balaban J connectivity index is 1.62. The Kier molecular flexibility index (Phi) is 4.95. The fraction of sp³-hybridized carbons (Fsp3) is 0.0870. The Morgan fingerprint density at radius 3 is 2.33 bits per heavy atom. The molecule has 4 heteroatoms. The van der Waals surface area contributed by atoms with Gasteiger partial charge in [-0.2, -0.15) is 0 Å². The Bertz CT molecular complexity index is 1070. The van der Waals surface area contributed by atoms with Crippen LogP contribution in [-0.2, 0) is 13.1 Å². The minimum Gasteiger partial charge on any atom is -0.347 e. The van der Waals surface area contributed by atoms with Crippen LogP contribution in [0.4, 0.5) is 0 Å². The maximum Gasteiger partial charge on any atom is 0.268 e. The molecule has 4 rings (SSSR count). The topological polar surface area (TPSA) is 34.0 Å². The van der Waals surface area contributed by atoms with Gasteiger partial charge in [0.2, 0.25) is 0 Å². The highest BCUT2D eigenvalue weighted by atomic mass is 35.5. The molecule has 1 amide bonds. The van der Waals surface area contributed by atoms with E-state index in [0.717, 1.165) is 22.0 Å². The first-order valence-electron chi connectivity index (χ1n) is 8.85. The second kappa shape index (κ2) is 7.68. The van der Waals surface area contributed by atoms with E-state index in [-0.39, 0.29) is 5.91 Å². The molecule has 27 heavy (non-hydrogen) atoms. The van der Waals surface area contributed by atoms with E-state index in [0.29, 0.717) is 23.8 Å². The van der Waals surface area contributed by atoms with Gasteiger partial charge in [0, 0.05) is 29.0 Å². The van der Waals surface area contributed by atoms with Crippen molar-refractivity contribution >= 4 is 28.4 Å². The van der Waals surface area contributed by atoms with Crippen molar-refractivity contribution in [3.8, 4) is 0 Å². The largest absolute Gasteiger partial charge is 0.347 e. The smallest absolute Gasteiger partial charge is 0.268 e. The molecule has 0 bridgehead atoms. The summed E-state index contributed by atoms with van der Waals surface area (Å²) < 4.78 is 2.07. The molecule has 1 aromatic heterocycles. The minimum absolute atomic E-state index is 0.0860. The molecule has 0 unspecified atom stereocenters. The lowest BCUT2D eigenvalue weighted by Gasteiger charge is -2.11. The summed E-state index contributed by atoms with van der Waals surface area (Å²) in [7, 11) is 0. The number of carbonyl (C=O) groups excluding carboxylic acids is 1. The molecule has 1 N–H and O–H groups in total. The predicted octanol–water partition coefficient (Wildman–Crippen LogP) is 5.27. The fourth-order valence-corrected chi connectivity index (χ4v) is 3.34. The quantitative estimate of drug-likeness (QED) is 0.507. The zero-order valence-electron chi connectivity index (χ0n) is 14.7. The van der Waals surface area contributed by atoms with Gasteiger partial charge < -0.3 is 9.88 Å². The highest BCUT2D eigenvalue weighted by Gasteiger charge is 2.15. The summed E-state index contributed by atoms with van der Waals surface area (Å²) in [6.07, 6.45) is 0. The number of benzene rings is 3. The molecule has 0 spiro atoms. The van der Waals surface area contributed by atoms with E-state index < -0.39 is 0 Å². The maximum atomic E-state index is 12.9. The van der Waals surface area contributed by atoms with Crippen LogP contribution in [0.25, 0.3) is 10.9 Å². The molecule has 0 fully saturated rings. The number of aromatic nitrogens is 1. The van der Waals surface area contributed by atoms with E-state index in [2.05, 4.69) is 22.0 Å². The van der Waals surface area contributed by atoms with Gasteiger partial charge in [0.05, 0.1) is 0 Å². The van der Waals surface area contributed by atoms with Crippen LogP contribution in [0, 0.1) is 0 Å². The number of hydrogen-bond donors (Lipinski definition) is 1. The van der Waals surface area contributed by atoms with Crippen molar-refractivity contribution in [1.29, 1.82) is 0 Å². The molecule has 3 nitrogen and oxygen atoms in total. The first-order valence-corrected chi connectivity index (χ1v) is 9.23. The Morgan fingerprint density at radius 2 is 1.56 bits per heavy atom. The maximum absolute atomic E-state index is 12.9. The van der Waals surface area contributed by atoms with Gasteiger partial charge in [0.15, 0.2) is 0 Å². The van der Waals surface area contributed by atoms with Crippen molar-refractivity contribution < 1.29 is 4.79 Å². The SMILES string of the molecule is O=C(NCc1ccc(Cl)cc1)c1cc2ccccc2n1Cc1ccccc1. The van der Waals surface area contributed by atoms with E-state index in [1.54, 1.807) is 0 Å². The van der Waals surface area contributed by atoms with E-state index >= 15 is 0 Å². The molecule has 1 heterocycles. The number of rotatable bonds is 5. The van der Waals surface area contributed by atoms with Crippen molar-refractivity contribution in [3.05, 3.63) is 107 Å². The average Bonchev–Trinajstić information content (AvgIpc) is 3.07. The number of nitrogens with zero attached hydrogens (tertiary/aromatic N) is 1. The summed E-state index contributed by atoms with van der Waals surface area (Å²) in [4.78, 5) is 12.9. The summed E-state index contributed by atoms with van der Waals surface area (Å²) >= 11 is 5.92. The standard InChI is InChI=1S/C23H19ClN2O/c24-20-12-10-17(11-13-20)15-25-23(27)22-14-19-8-4-5-9-21(19)26(22)16-18-6-2-1-3-7-18/h1-14H,15-16H2,(H,25,27). The van der Waals surface area contributed by atoms with Crippen LogP contribution in [0.1, 0.15) is 21.6 Å². The van der Waals surface area contributed by atoms with Crippen LogP contribution in [0.15, 0.2) is 84.9 Å². The number of nitrogens with one attached hydrogen (secondary N) is 1. The van der Waals surface area contributed by atoms with Crippen molar-refractivity contribution in [3.63, 3.8) is 0 Å². The molecule has 0 atom stereocenters. The van der Waals surface area contributed by atoms with Crippen molar-refractivity contribution in [1.82, 2.24) is 9.88 Å². The van der Waals surface area contributed by atoms with Crippen LogP contribution in [0.5, 0.6) is 0 Å². The molecule has 0 saturated heterocycles. The number of carbonyl (C=O) groups is 1. The monoisotopic (exact) mass is 374 g/mol. The van der Waals surface area contributed by atoms with Crippen molar-refractivity contribution in [2.45, 2.75) is 13.1 Å². The number of halogens is 1. The van der Waals surface area contributed by atoms with Crippen LogP contribution in [0.3, 0.4) is 0 Å². The van der Waals surface area contributed by atoms with Crippen LogP contribution in [-0.4, -0.2) is 10.5 Å². The summed E-state index contributed by atoms with van der Waals surface area (Å²) in [6.45, 7) is 1.11. The molecule has 3 aromatic carbocycles. The number of para-hydroxylation sites is 1. The summed E-state index contributed by atoms with van der Waals surface area (Å²) in [5.74, 6) is -0.0860. The Hall–Kier alpha value is -3.04. The van der Waals surface area contributed by atoms with Gasteiger partial charge in [-0.05, 0) is 35.4 Å². The third kappa shape index (κ3) is 3.88. The molecule has 4 aromatic rings. The van der Waals surface area contributed by atoms with Gasteiger partial charge in [0.1, 0.15) is 5.69 Å². The molecular formula is C23H19ClN2O. The molecule has 0 aliphatic carbocycles. The molecule has 0 saturated carbocycles. The van der Waals surface area contributed by atoms with Gasteiger partial charge >= 0.3 is 0 Å². The third-order valence-corrected chi connectivity index (χ3v) is 4.85. The molecule has 0 radical (unpaired) electrons. The van der Waals surface area contributed by atoms with Crippen molar-refractivity contribution in [2.75, 3.05) is 0 Å². The number of hydrogen-bond acceptors (Lipinski definition) is 1. The first kappa shape index (κ1) is 17.4. The lowest BCUT2D eigenvalue weighted by molar-refractivity contribution is 0.0942. The van der Waals surface area contributed by atoms with E-state index in [4.69, 9.17) is 11.6 Å². The first-order chi connectivity index (χ1) is 13.2. The highest BCUT2D eigenvalue weighted by Crippen LogP contribution is 2.21. The van der Waals surface area contributed by atoms with E-state index in [1.807, 2.05) is 72.8 Å². The summed E-state index contributed by atoms with van der Waals surface area (Å²) in [6, 6.07) is 27.7. The molecule has 0 aliphatic heterocycles. The minimum atomic E-state index is -0.0860. The lowest BCUT2D eigenvalue weighted by atomic mass is 10.2. The Morgan fingerprint density at radius 1 is 0.852 bits per heavy atom. The van der Waals surface area contributed by atoms with Gasteiger partial charge in [-0.15, -0.1) is 0 Å². The number of amides is 1. The molecule has 134 valence electrons. The van der Waals surface area contributed by atoms with Gasteiger partial charge in [-0.25, -0.2) is 0 Å². The Labute approximate surface area is 163 Å². The molecule has 0 aliphatic rings. The fourth-order valence-electron chi connectivity index (χ4n) is 3.21. The average molecular weight is 375 g/mol. The van der Waals surface area contributed by atoms with Crippen LogP contribution < -0.4 is 5.32 Å². The second-order valence-electron chi connectivity index (χ2n) is 6.47. The van der Waals surface area contributed by atoms with E-state index in [1.165, 1.54) is 0 Å². The van der Waals surface area contributed by atoms with E-state index in [9.17, 15) is 4.79 Å². The van der Waals surface area contributed by atoms with Gasteiger partial charge in [-0.1, -0.05) is 72.3 Å². The lowest BCUT2D eigenvalue weighted by Crippen LogP contribution is -2.25. The summed E-state index contributed by atoms with van der Waals surface area (Å²) in [5.41, 5.74) is 3.89.